The Morgan fingerprint density at radius 3 is 2.93 bits per heavy atom. The number of unbranched alkanes of at least 4 members (excludes halogenated alkanes) is 1. The third-order valence-electron chi connectivity index (χ3n) is 4.49. The SMILES string of the molecule is O=C(O)CCCC=CCN1C(=O)CC[C@@H]1C=C[C@@H](O)Cc1cccc(Cl)c1. The maximum absolute atomic E-state index is 12.1. The van der Waals surface area contributed by atoms with Gasteiger partial charge in [-0.2, -0.15) is 0 Å². The molecule has 1 amide bonds. The molecule has 1 heterocycles. The Labute approximate surface area is 164 Å². The fourth-order valence-corrected chi connectivity index (χ4v) is 3.31. The number of carboxylic acid groups (broad SMARTS) is 1. The second-order valence-corrected chi connectivity index (χ2v) is 7.13. The summed E-state index contributed by atoms with van der Waals surface area (Å²) in [4.78, 5) is 24.3. The Balaban J connectivity index is 1.82. The quantitative estimate of drug-likeness (QED) is 0.472. The molecule has 0 bridgehead atoms. The van der Waals surface area contributed by atoms with Gasteiger partial charge in [-0.15, -0.1) is 0 Å². The van der Waals surface area contributed by atoms with Crippen LogP contribution < -0.4 is 0 Å². The van der Waals surface area contributed by atoms with Gasteiger partial charge < -0.3 is 15.1 Å². The minimum atomic E-state index is -0.792. The van der Waals surface area contributed by atoms with Crippen molar-refractivity contribution in [1.29, 1.82) is 0 Å². The molecule has 6 heteroatoms. The van der Waals surface area contributed by atoms with E-state index in [2.05, 4.69) is 0 Å². The average Bonchev–Trinajstić information content (AvgIpc) is 2.96. The third-order valence-corrected chi connectivity index (χ3v) is 4.73. The first kappa shape index (κ1) is 21.2. The number of aliphatic hydroxyl groups is 1. The fraction of sp³-hybridized carbons (Fsp3) is 0.429. The molecule has 0 aliphatic carbocycles. The van der Waals surface area contributed by atoms with Gasteiger partial charge in [-0.3, -0.25) is 9.59 Å². The first-order valence-corrected chi connectivity index (χ1v) is 9.60. The van der Waals surface area contributed by atoms with E-state index in [0.29, 0.717) is 37.3 Å². The summed E-state index contributed by atoms with van der Waals surface area (Å²) < 4.78 is 0. The number of likely N-dealkylation sites (tertiary alicyclic amines) is 1. The highest BCUT2D eigenvalue weighted by Gasteiger charge is 2.28. The highest BCUT2D eigenvalue weighted by atomic mass is 35.5. The van der Waals surface area contributed by atoms with Crippen molar-refractivity contribution < 1.29 is 19.8 Å². The molecule has 0 spiro atoms. The Morgan fingerprint density at radius 1 is 1.37 bits per heavy atom. The van der Waals surface area contributed by atoms with E-state index in [-0.39, 0.29) is 18.4 Å². The van der Waals surface area contributed by atoms with Crippen LogP contribution in [0.25, 0.3) is 0 Å². The Kier molecular flexibility index (Phi) is 8.55. The number of nitrogens with zero attached hydrogens (tertiary/aromatic N) is 1. The number of carbonyl (C=O) groups is 2. The van der Waals surface area contributed by atoms with Crippen LogP contribution in [0.3, 0.4) is 0 Å². The van der Waals surface area contributed by atoms with Gasteiger partial charge in [-0.1, -0.05) is 48.0 Å². The van der Waals surface area contributed by atoms with Crippen molar-refractivity contribution in [2.75, 3.05) is 6.54 Å². The van der Waals surface area contributed by atoms with Gasteiger partial charge in [0.15, 0.2) is 0 Å². The van der Waals surface area contributed by atoms with Gasteiger partial charge in [0.05, 0.1) is 12.1 Å². The standard InChI is InChI=1S/C21H26ClNO4/c22-17-7-5-6-16(14-17)15-19(24)11-9-18-10-12-20(25)23(18)13-4-2-1-3-8-21(26)27/h2,4-7,9,11,14,18-19,24H,1,3,8,10,12-13,15H2,(H,26,27)/t18-,19+/m0/s1. The number of hydrogen-bond acceptors (Lipinski definition) is 3. The summed E-state index contributed by atoms with van der Waals surface area (Å²) in [7, 11) is 0. The molecule has 2 N–H and O–H groups in total. The molecule has 27 heavy (non-hydrogen) atoms. The molecule has 0 unspecified atom stereocenters. The number of halogens is 1. The van der Waals surface area contributed by atoms with Crippen LogP contribution in [-0.4, -0.2) is 45.7 Å². The molecule has 1 saturated heterocycles. The summed E-state index contributed by atoms with van der Waals surface area (Å²) in [5.74, 6) is -0.691. The smallest absolute Gasteiger partial charge is 0.303 e. The number of aliphatic hydroxyl groups excluding tert-OH is 1. The monoisotopic (exact) mass is 391 g/mol. The normalized spacial score (nSPS) is 18.7. The van der Waals surface area contributed by atoms with E-state index in [1.807, 2.05) is 36.4 Å². The van der Waals surface area contributed by atoms with Crippen LogP contribution in [0.2, 0.25) is 5.02 Å². The molecule has 1 fully saturated rings. The van der Waals surface area contributed by atoms with Crippen molar-refractivity contribution >= 4 is 23.5 Å². The zero-order valence-electron chi connectivity index (χ0n) is 15.3. The number of hydrogen-bond donors (Lipinski definition) is 2. The fourth-order valence-electron chi connectivity index (χ4n) is 3.10. The Bertz CT molecular complexity index is 701. The molecule has 5 nitrogen and oxygen atoms in total. The van der Waals surface area contributed by atoms with E-state index in [4.69, 9.17) is 16.7 Å². The van der Waals surface area contributed by atoms with Crippen LogP contribution in [-0.2, 0) is 16.0 Å². The van der Waals surface area contributed by atoms with Gasteiger partial charge >= 0.3 is 5.97 Å². The van der Waals surface area contributed by atoms with Gasteiger partial charge in [0.1, 0.15) is 0 Å². The van der Waals surface area contributed by atoms with E-state index in [1.54, 1.807) is 17.0 Å². The maximum atomic E-state index is 12.1. The molecule has 0 aromatic heterocycles. The lowest BCUT2D eigenvalue weighted by Crippen LogP contribution is -2.32. The number of carbonyl (C=O) groups excluding carboxylic acids is 1. The van der Waals surface area contributed by atoms with E-state index in [9.17, 15) is 14.7 Å². The zero-order valence-corrected chi connectivity index (χ0v) is 16.0. The van der Waals surface area contributed by atoms with Crippen molar-refractivity contribution in [3.8, 4) is 0 Å². The predicted molar refractivity (Wildman–Crippen MR) is 106 cm³/mol. The van der Waals surface area contributed by atoms with Crippen molar-refractivity contribution in [2.45, 2.75) is 50.7 Å². The van der Waals surface area contributed by atoms with Crippen LogP contribution in [0, 0.1) is 0 Å². The van der Waals surface area contributed by atoms with Gasteiger partial charge in [-0.05, 0) is 37.0 Å². The highest BCUT2D eigenvalue weighted by molar-refractivity contribution is 6.30. The molecule has 2 rings (SSSR count). The number of benzene rings is 1. The minimum Gasteiger partial charge on any atom is -0.481 e. The molecular formula is C21H26ClNO4. The van der Waals surface area contributed by atoms with Crippen molar-refractivity contribution in [1.82, 2.24) is 4.90 Å². The summed E-state index contributed by atoms with van der Waals surface area (Å²) in [6.07, 6.45) is 10.0. The Morgan fingerprint density at radius 2 is 2.19 bits per heavy atom. The van der Waals surface area contributed by atoms with Crippen LogP contribution >= 0.6 is 11.6 Å². The van der Waals surface area contributed by atoms with Crippen LogP contribution in [0.15, 0.2) is 48.6 Å². The van der Waals surface area contributed by atoms with Crippen molar-refractivity contribution in [2.24, 2.45) is 0 Å². The minimum absolute atomic E-state index is 0.0184. The number of allylic oxidation sites excluding steroid dienone is 1. The molecule has 1 aliphatic rings. The molecule has 0 radical (unpaired) electrons. The lowest BCUT2D eigenvalue weighted by atomic mass is 10.1. The molecule has 1 aromatic carbocycles. The zero-order chi connectivity index (χ0) is 19.6. The van der Waals surface area contributed by atoms with Crippen LogP contribution in [0.5, 0.6) is 0 Å². The van der Waals surface area contributed by atoms with Crippen LogP contribution in [0.1, 0.15) is 37.7 Å². The number of carboxylic acids is 1. The van der Waals surface area contributed by atoms with Gasteiger partial charge in [0, 0.05) is 30.8 Å². The average molecular weight is 392 g/mol. The molecule has 0 saturated carbocycles. The van der Waals surface area contributed by atoms with E-state index in [1.165, 1.54) is 0 Å². The van der Waals surface area contributed by atoms with Gasteiger partial charge in [0.2, 0.25) is 5.91 Å². The summed E-state index contributed by atoms with van der Waals surface area (Å²) >= 11 is 5.96. The lowest BCUT2D eigenvalue weighted by Gasteiger charge is -2.21. The summed E-state index contributed by atoms with van der Waals surface area (Å²) in [5.41, 5.74) is 0.961. The van der Waals surface area contributed by atoms with Gasteiger partial charge in [-0.25, -0.2) is 0 Å². The van der Waals surface area contributed by atoms with Crippen molar-refractivity contribution in [3.63, 3.8) is 0 Å². The molecule has 1 aromatic rings. The lowest BCUT2D eigenvalue weighted by molar-refractivity contribution is -0.137. The van der Waals surface area contributed by atoms with E-state index >= 15 is 0 Å². The maximum Gasteiger partial charge on any atom is 0.303 e. The van der Waals surface area contributed by atoms with Gasteiger partial charge in [0.25, 0.3) is 0 Å². The second-order valence-electron chi connectivity index (χ2n) is 6.70. The molecule has 1 aliphatic heterocycles. The topological polar surface area (TPSA) is 77.8 Å². The third kappa shape index (κ3) is 7.57. The number of amides is 1. The molecule has 146 valence electrons. The second kappa shape index (κ2) is 10.9. The highest BCUT2D eigenvalue weighted by Crippen LogP contribution is 2.20. The van der Waals surface area contributed by atoms with Crippen LogP contribution in [0.4, 0.5) is 0 Å². The first-order chi connectivity index (χ1) is 13.0. The Hall–Kier alpha value is -2.11. The molecule has 2 atom stereocenters. The summed E-state index contributed by atoms with van der Waals surface area (Å²) in [5, 5.41) is 19.5. The van der Waals surface area contributed by atoms with E-state index < -0.39 is 12.1 Å². The molecular weight excluding hydrogens is 366 g/mol. The predicted octanol–water partition coefficient (Wildman–Crippen LogP) is 3.60. The first-order valence-electron chi connectivity index (χ1n) is 9.23. The number of rotatable bonds is 10. The van der Waals surface area contributed by atoms with Crippen molar-refractivity contribution in [3.05, 3.63) is 59.2 Å². The van der Waals surface area contributed by atoms with E-state index in [0.717, 1.165) is 12.0 Å². The largest absolute Gasteiger partial charge is 0.481 e. The summed E-state index contributed by atoms with van der Waals surface area (Å²) in [6, 6.07) is 7.39. The number of aliphatic carboxylic acids is 1. The summed E-state index contributed by atoms with van der Waals surface area (Å²) in [6.45, 7) is 0.505.